The molecule has 0 aromatic heterocycles. The van der Waals surface area contributed by atoms with Crippen molar-refractivity contribution in [2.75, 3.05) is 39.3 Å². The minimum absolute atomic E-state index is 0. The second-order valence-corrected chi connectivity index (χ2v) is 12.0. The van der Waals surface area contributed by atoms with E-state index in [0.717, 1.165) is 49.2 Å². The summed E-state index contributed by atoms with van der Waals surface area (Å²) < 4.78 is 5.48. The van der Waals surface area contributed by atoms with Gasteiger partial charge in [-0.1, -0.05) is 36.4 Å². The fourth-order valence-electron chi connectivity index (χ4n) is 6.38. The largest absolute Gasteiger partial charge is 0.444 e. The van der Waals surface area contributed by atoms with Gasteiger partial charge in [-0.25, -0.2) is 4.79 Å². The van der Waals surface area contributed by atoms with Crippen molar-refractivity contribution < 1.29 is 19.1 Å². The first kappa shape index (κ1) is 29.9. The Kier molecular flexibility index (Phi) is 9.41. The molecule has 0 spiro atoms. The molecule has 4 atom stereocenters. The average Bonchev–Trinajstić information content (AvgIpc) is 3.17. The number of hydrogen-bond acceptors (Lipinski definition) is 5. The van der Waals surface area contributed by atoms with Crippen LogP contribution in [0.1, 0.15) is 77.3 Å². The number of halogens is 1. The summed E-state index contributed by atoms with van der Waals surface area (Å²) in [5, 5.41) is 9.42. The van der Waals surface area contributed by atoms with Gasteiger partial charge in [-0.15, -0.1) is 12.4 Å². The van der Waals surface area contributed by atoms with E-state index in [1.165, 1.54) is 5.56 Å². The van der Waals surface area contributed by atoms with Gasteiger partial charge in [-0.3, -0.25) is 9.59 Å². The Bertz CT molecular complexity index is 1230. The van der Waals surface area contributed by atoms with Crippen molar-refractivity contribution in [3.8, 4) is 0 Å². The maximum absolute atomic E-state index is 12.3. The van der Waals surface area contributed by atoms with Gasteiger partial charge in [-0.05, 0) is 81.2 Å². The lowest BCUT2D eigenvalue weighted by Crippen LogP contribution is -2.47. The molecule has 0 bridgehead atoms. The molecular formula is C31H41ClN4O4. The van der Waals surface area contributed by atoms with Gasteiger partial charge < -0.3 is 25.6 Å². The van der Waals surface area contributed by atoms with Crippen LogP contribution in [0.5, 0.6) is 0 Å². The number of fused-ring (bicyclic) bond motifs is 6. The average molecular weight is 569 g/mol. The molecule has 2 aromatic carbocycles. The molecule has 0 aliphatic carbocycles. The fourth-order valence-corrected chi connectivity index (χ4v) is 6.38. The zero-order valence-corrected chi connectivity index (χ0v) is 24.4. The first-order valence-electron chi connectivity index (χ1n) is 14.1. The molecule has 8 nitrogen and oxygen atoms in total. The summed E-state index contributed by atoms with van der Waals surface area (Å²) in [5.41, 5.74) is 3.50. The van der Waals surface area contributed by atoms with Crippen LogP contribution in [-0.2, 0) is 4.74 Å². The summed E-state index contributed by atoms with van der Waals surface area (Å²) in [6.45, 7) is 10.4. The molecule has 4 aliphatic heterocycles. The number of likely N-dealkylation sites (tertiary alicyclic amines) is 1. The number of carbonyl (C=O) groups excluding carboxylic acids is 3. The molecule has 4 heterocycles. The van der Waals surface area contributed by atoms with E-state index in [4.69, 9.17) is 4.74 Å². The molecular weight excluding hydrogens is 528 g/mol. The number of amides is 3. The quantitative estimate of drug-likeness (QED) is 0.440. The van der Waals surface area contributed by atoms with Crippen LogP contribution in [0.3, 0.4) is 0 Å². The van der Waals surface area contributed by atoms with Crippen molar-refractivity contribution in [2.24, 2.45) is 11.8 Å². The number of nitrogens with zero attached hydrogens (tertiary/aromatic N) is 1. The molecule has 4 unspecified atom stereocenters. The van der Waals surface area contributed by atoms with Crippen LogP contribution >= 0.6 is 12.4 Å². The predicted molar refractivity (Wildman–Crippen MR) is 157 cm³/mol. The van der Waals surface area contributed by atoms with Crippen LogP contribution in [0.2, 0.25) is 0 Å². The van der Waals surface area contributed by atoms with Gasteiger partial charge in [0, 0.05) is 49.8 Å². The monoisotopic (exact) mass is 568 g/mol. The molecule has 6 rings (SSSR count). The summed E-state index contributed by atoms with van der Waals surface area (Å²) in [5.74, 6) is 1.69. The van der Waals surface area contributed by atoms with Gasteiger partial charge in [0.15, 0.2) is 0 Å². The zero-order chi connectivity index (χ0) is 27.6. The molecule has 0 saturated carbocycles. The summed E-state index contributed by atoms with van der Waals surface area (Å²) in [7, 11) is 0. The molecule has 4 aliphatic rings. The van der Waals surface area contributed by atoms with Gasteiger partial charge in [0.2, 0.25) is 0 Å². The van der Waals surface area contributed by atoms with E-state index >= 15 is 0 Å². The van der Waals surface area contributed by atoms with Crippen molar-refractivity contribution in [1.29, 1.82) is 0 Å². The number of carbonyl (C=O) groups is 3. The van der Waals surface area contributed by atoms with Crippen molar-refractivity contribution in [2.45, 2.75) is 51.0 Å². The number of piperidine rings is 2. The molecule has 3 N–H and O–H groups in total. The van der Waals surface area contributed by atoms with Crippen LogP contribution in [0.15, 0.2) is 48.5 Å². The molecule has 0 radical (unpaired) electrons. The van der Waals surface area contributed by atoms with E-state index in [2.05, 4.69) is 22.0 Å². The van der Waals surface area contributed by atoms with E-state index in [-0.39, 0.29) is 36.2 Å². The topological polar surface area (TPSA) is 99.8 Å². The Morgan fingerprint density at radius 2 is 1.38 bits per heavy atom. The summed E-state index contributed by atoms with van der Waals surface area (Å²) in [6.07, 6.45) is 1.73. The van der Waals surface area contributed by atoms with Crippen LogP contribution in [0.4, 0.5) is 4.79 Å². The third kappa shape index (κ3) is 6.61. The lowest BCUT2D eigenvalue weighted by Gasteiger charge is -2.38. The number of nitrogens with one attached hydrogen (secondary N) is 3. The van der Waals surface area contributed by atoms with Crippen LogP contribution in [-0.4, -0.2) is 67.7 Å². The van der Waals surface area contributed by atoms with Crippen molar-refractivity contribution in [3.05, 3.63) is 70.8 Å². The van der Waals surface area contributed by atoms with Gasteiger partial charge in [0.25, 0.3) is 11.8 Å². The molecule has 3 amide bonds. The number of rotatable bonds is 0. The highest BCUT2D eigenvalue weighted by Gasteiger charge is 2.37. The fraction of sp³-hybridized carbons (Fsp3) is 0.516. The Hall–Kier alpha value is -3.10. The molecule has 2 saturated heterocycles. The molecule has 2 fully saturated rings. The van der Waals surface area contributed by atoms with Crippen LogP contribution in [0.25, 0.3) is 0 Å². The predicted octanol–water partition coefficient (Wildman–Crippen LogP) is 4.32. The van der Waals surface area contributed by atoms with Crippen molar-refractivity contribution in [3.63, 3.8) is 0 Å². The molecule has 216 valence electrons. The third-order valence-corrected chi connectivity index (χ3v) is 8.25. The highest BCUT2D eigenvalue weighted by Crippen LogP contribution is 2.37. The highest BCUT2D eigenvalue weighted by atomic mass is 35.5. The van der Waals surface area contributed by atoms with Crippen LogP contribution < -0.4 is 16.0 Å². The minimum atomic E-state index is -0.488. The lowest BCUT2D eigenvalue weighted by atomic mass is 9.79. The molecule has 9 heteroatoms. The Morgan fingerprint density at radius 3 is 1.98 bits per heavy atom. The highest BCUT2D eigenvalue weighted by molar-refractivity contribution is 5.97. The third-order valence-electron chi connectivity index (χ3n) is 8.25. The zero-order valence-electron chi connectivity index (χ0n) is 23.6. The first-order valence-corrected chi connectivity index (χ1v) is 14.1. The Labute approximate surface area is 243 Å². The SMILES string of the molecule is CC(C)(C)OC(=O)N1CCC2c3ccccc3C(=O)NCC2C1.Cl.O=C1NCC2CNCCC2c2ccccc21. The van der Waals surface area contributed by atoms with E-state index in [1.54, 1.807) is 4.90 Å². The van der Waals surface area contributed by atoms with Crippen molar-refractivity contribution in [1.82, 2.24) is 20.9 Å². The van der Waals surface area contributed by atoms with Gasteiger partial charge in [0.05, 0.1) is 0 Å². The maximum Gasteiger partial charge on any atom is 0.410 e. The maximum atomic E-state index is 12.3. The van der Waals surface area contributed by atoms with Gasteiger partial charge in [0.1, 0.15) is 5.60 Å². The standard InChI is InChI=1S/C18H24N2O3.C13H16N2O.ClH/c1-18(2,3)23-17(22)20-9-8-13-12(11-20)10-19-16(21)15-7-5-4-6-14(13)15;16-13-12-4-2-1-3-11(12)10-5-6-14-7-9(10)8-15-13;/h4-7,12-13H,8-11H2,1-3H3,(H,19,21);1-4,9-10,14H,5-8H2,(H,15,16);1H. The van der Waals surface area contributed by atoms with E-state index < -0.39 is 5.60 Å². The van der Waals surface area contributed by atoms with E-state index in [9.17, 15) is 14.4 Å². The second kappa shape index (κ2) is 12.6. The minimum Gasteiger partial charge on any atom is -0.444 e. The Balaban J connectivity index is 0.000000191. The number of hydrogen-bond donors (Lipinski definition) is 3. The summed E-state index contributed by atoms with van der Waals surface area (Å²) in [6, 6.07) is 15.8. The summed E-state index contributed by atoms with van der Waals surface area (Å²) >= 11 is 0. The van der Waals surface area contributed by atoms with Crippen LogP contribution in [0, 0.1) is 11.8 Å². The Morgan fingerprint density at radius 1 is 0.825 bits per heavy atom. The number of ether oxygens (including phenoxy) is 1. The molecule has 40 heavy (non-hydrogen) atoms. The van der Waals surface area contributed by atoms with Gasteiger partial charge >= 0.3 is 6.09 Å². The van der Waals surface area contributed by atoms with E-state index in [0.29, 0.717) is 37.4 Å². The normalized spacial score (nSPS) is 25.3. The van der Waals surface area contributed by atoms with E-state index in [1.807, 2.05) is 63.2 Å². The smallest absolute Gasteiger partial charge is 0.410 e. The first-order chi connectivity index (χ1) is 18.7. The number of benzene rings is 2. The van der Waals surface area contributed by atoms with Gasteiger partial charge in [-0.2, -0.15) is 0 Å². The second-order valence-electron chi connectivity index (χ2n) is 12.0. The molecule has 2 aromatic rings. The van der Waals surface area contributed by atoms with Crippen molar-refractivity contribution >= 4 is 30.3 Å². The lowest BCUT2D eigenvalue weighted by molar-refractivity contribution is 0.0148. The summed E-state index contributed by atoms with van der Waals surface area (Å²) in [4.78, 5) is 38.2.